The fourth-order valence-corrected chi connectivity index (χ4v) is 2.57. The Morgan fingerprint density at radius 2 is 2.20 bits per heavy atom. The summed E-state index contributed by atoms with van der Waals surface area (Å²) in [5.41, 5.74) is 1.61. The number of likely N-dealkylation sites (N-methyl/N-ethyl adjacent to an activating group) is 1. The van der Waals surface area contributed by atoms with Gasteiger partial charge in [0, 0.05) is 22.3 Å². The van der Waals surface area contributed by atoms with E-state index in [9.17, 15) is 4.39 Å². The van der Waals surface area contributed by atoms with Crippen LogP contribution in [0.3, 0.4) is 0 Å². The molecule has 0 spiro atoms. The number of benzene rings is 1. The fraction of sp³-hybridized carbons (Fsp3) is 0.267. The minimum Gasteiger partial charge on any atom is -0.496 e. The first kappa shape index (κ1) is 14.9. The average molecular weight is 339 g/mol. The van der Waals surface area contributed by atoms with Crippen LogP contribution in [0.15, 0.2) is 41.1 Å². The Hall–Kier alpha value is -1.46. The molecule has 0 saturated heterocycles. The molecule has 2 aromatic rings. The lowest BCUT2D eigenvalue weighted by atomic mass is 9.99. The van der Waals surface area contributed by atoms with Crippen LogP contribution in [0, 0.1) is 5.82 Å². The van der Waals surface area contributed by atoms with Gasteiger partial charge in [0.1, 0.15) is 11.6 Å². The molecule has 0 aliphatic carbocycles. The van der Waals surface area contributed by atoms with Gasteiger partial charge in [-0.3, -0.25) is 4.98 Å². The van der Waals surface area contributed by atoms with Gasteiger partial charge in [-0.15, -0.1) is 0 Å². The minimum absolute atomic E-state index is 0.138. The monoisotopic (exact) mass is 338 g/mol. The number of pyridine rings is 1. The van der Waals surface area contributed by atoms with Crippen LogP contribution < -0.4 is 10.1 Å². The van der Waals surface area contributed by atoms with Crippen molar-refractivity contribution < 1.29 is 9.13 Å². The van der Waals surface area contributed by atoms with E-state index in [0.717, 1.165) is 15.8 Å². The highest BCUT2D eigenvalue weighted by Gasteiger charge is 2.16. The minimum atomic E-state index is -0.305. The zero-order chi connectivity index (χ0) is 14.5. The summed E-state index contributed by atoms with van der Waals surface area (Å²) >= 11 is 3.45. The lowest BCUT2D eigenvalue weighted by Crippen LogP contribution is -2.20. The Balaban J connectivity index is 2.31. The molecule has 0 aliphatic rings. The van der Waals surface area contributed by atoms with Crippen LogP contribution in [0.25, 0.3) is 0 Å². The highest BCUT2D eigenvalue weighted by molar-refractivity contribution is 9.10. The second-order valence-electron chi connectivity index (χ2n) is 4.40. The van der Waals surface area contributed by atoms with Crippen LogP contribution >= 0.6 is 15.9 Å². The van der Waals surface area contributed by atoms with E-state index in [-0.39, 0.29) is 11.9 Å². The Bertz CT molecular complexity index is 592. The number of ether oxygens (including phenoxy) is 1. The molecule has 0 fully saturated rings. The highest BCUT2D eigenvalue weighted by atomic mass is 79.9. The molecule has 20 heavy (non-hydrogen) atoms. The number of aromatic nitrogens is 1. The molecule has 3 nitrogen and oxygen atoms in total. The first-order chi connectivity index (χ1) is 9.65. The predicted molar refractivity (Wildman–Crippen MR) is 80.4 cm³/mol. The normalized spacial score (nSPS) is 12.2. The van der Waals surface area contributed by atoms with E-state index >= 15 is 0 Å². The summed E-state index contributed by atoms with van der Waals surface area (Å²) in [4.78, 5) is 3.78. The zero-order valence-electron chi connectivity index (χ0n) is 11.4. The van der Waals surface area contributed by atoms with E-state index in [0.29, 0.717) is 12.0 Å². The van der Waals surface area contributed by atoms with Gasteiger partial charge in [-0.1, -0.05) is 15.9 Å². The maximum Gasteiger partial charge on any atom is 0.146 e. The number of nitrogens with one attached hydrogen (secondary N) is 1. The zero-order valence-corrected chi connectivity index (χ0v) is 12.9. The van der Waals surface area contributed by atoms with Crippen molar-refractivity contribution in [3.63, 3.8) is 0 Å². The van der Waals surface area contributed by atoms with Gasteiger partial charge in [0.05, 0.1) is 13.3 Å². The molecule has 1 aromatic heterocycles. The van der Waals surface area contributed by atoms with Crippen molar-refractivity contribution in [3.05, 3.63) is 58.1 Å². The third-order valence-corrected chi connectivity index (χ3v) is 3.69. The maximum atomic E-state index is 13.8. The Labute approximate surface area is 126 Å². The van der Waals surface area contributed by atoms with E-state index < -0.39 is 0 Å². The Morgan fingerprint density at radius 3 is 2.85 bits per heavy atom. The Morgan fingerprint density at radius 1 is 1.40 bits per heavy atom. The van der Waals surface area contributed by atoms with Crippen molar-refractivity contribution in [2.45, 2.75) is 12.5 Å². The largest absolute Gasteiger partial charge is 0.496 e. The van der Waals surface area contributed by atoms with Gasteiger partial charge in [0.25, 0.3) is 0 Å². The van der Waals surface area contributed by atoms with Crippen molar-refractivity contribution >= 4 is 15.9 Å². The Kier molecular flexibility index (Phi) is 5.09. The number of hydrogen-bond donors (Lipinski definition) is 1. The topological polar surface area (TPSA) is 34.1 Å². The van der Waals surface area contributed by atoms with E-state index in [1.807, 2.05) is 25.2 Å². The van der Waals surface area contributed by atoms with Gasteiger partial charge in [0.15, 0.2) is 0 Å². The van der Waals surface area contributed by atoms with Crippen molar-refractivity contribution in [1.82, 2.24) is 10.3 Å². The standard InChI is InChI=1S/C15H16BrFN2O/c1-18-14(12-5-6-19-9-13(12)17)8-10-7-11(16)3-4-15(10)20-2/h3-7,9,14,18H,8H2,1-2H3. The first-order valence-corrected chi connectivity index (χ1v) is 7.04. The molecule has 106 valence electrons. The van der Waals surface area contributed by atoms with Crippen LogP contribution in [0.2, 0.25) is 0 Å². The second kappa shape index (κ2) is 6.81. The van der Waals surface area contributed by atoms with Crippen LogP contribution in [-0.2, 0) is 6.42 Å². The molecule has 1 N–H and O–H groups in total. The number of methoxy groups -OCH3 is 1. The van der Waals surface area contributed by atoms with E-state index in [1.165, 1.54) is 6.20 Å². The number of rotatable bonds is 5. The summed E-state index contributed by atoms with van der Waals surface area (Å²) in [6.45, 7) is 0. The van der Waals surface area contributed by atoms with Gasteiger partial charge in [-0.25, -0.2) is 4.39 Å². The van der Waals surface area contributed by atoms with Crippen LogP contribution in [0.5, 0.6) is 5.75 Å². The molecule has 0 saturated carbocycles. The molecule has 5 heteroatoms. The van der Waals surface area contributed by atoms with E-state index in [1.54, 1.807) is 19.4 Å². The van der Waals surface area contributed by atoms with Gasteiger partial charge < -0.3 is 10.1 Å². The third-order valence-electron chi connectivity index (χ3n) is 3.19. The van der Waals surface area contributed by atoms with Crippen molar-refractivity contribution in [2.24, 2.45) is 0 Å². The SMILES string of the molecule is CNC(Cc1cc(Br)ccc1OC)c1ccncc1F. The van der Waals surface area contributed by atoms with Crippen LogP contribution in [0.4, 0.5) is 4.39 Å². The summed E-state index contributed by atoms with van der Waals surface area (Å²) in [5.74, 6) is 0.490. The first-order valence-electron chi connectivity index (χ1n) is 6.24. The summed E-state index contributed by atoms with van der Waals surface area (Å²) in [5, 5.41) is 3.14. The average Bonchev–Trinajstić information content (AvgIpc) is 2.46. The van der Waals surface area contributed by atoms with Crippen molar-refractivity contribution in [1.29, 1.82) is 0 Å². The molecular formula is C15H16BrFN2O. The lowest BCUT2D eigenvalue weighted by molar-refractivity contribution is 0.405. The third kappa shape index (κ3) is 3.35. The van der Waals surface area contributed by atoms with Gasteiger partial charge in [0.2, 0.25) is 0 Å². The second-order valence-corrected chi connectivity index (χ2v) is 5.31. The molecule has 1 heterocycles. The van der Waals surface area contributed by atoms with Gasteiger partial charge in [-0.05, 0) is 43.3 Å². The molecule has 0 radical (unpaired) electrons. The van der Waals surface area contributed by atoms with Crippen molar-refractivity contribution in [2.75, 3.05) is 14.2 Å². The highest BCUT2D eigenvalue weighted by Crippen LogP contribution is 2.28. The van der Waals surface area contributed by atoms with E-state index in [4.69, 9.17) is 4.74 Å². The summed E-state index contributed by atoms with van der Waals surface area (Å²) in [7, 11) is 3.45. The maximum absolute atomic E-state index is 13.8. The summed E-state index contributed by atoms with van der Waals surface area (Å²) in [6.07, 6.45) is 3.46. The number of halogens is 2. The molecular weight excluding hydrogens is 323 g/mol. The van der Waals surface area contributed by atoms with E-state index in [2.05, 4.69) is 26.2 Å². The number of hydrogen-bond acceptors (Lipinski definition) is 3. The molecule has 0 amide bonds. The molecule has 1 aromatic carbocycles. The molecule has 0 aliphatic heterocycles. The van der Waals surface area contributed by atoms with Gasteiger partial charge >= 0.3 is 0 Å². The molecule has 2 rings (SSSR count). The smallest absolute Gasteiger partial charge is 0.146 e. The van der Waals surface area contributed by atoms with Gasteiger partial charge in [-0.2, -0.15) is 0 Å². The summed E-state index contributed by atoms with van der Waals surface area (Å²) in [6, 6.07) is 7.36. The van der Waals surface area contributed by atoms with Crippen molar-refractivity contribution in [3.8, 4) is 5.75 Å². The lowest BCUT2D eigenvalue weighted by Gasteiger charge is -2.19. The fourth-order valence-electron chi connectivity index (χ4n) is 2.16. The predicted octanol–water partition coefficient (Wildman–Crippen LogP) is 3.50. The quantitative estimate of drug-likeness (QED) is 0.905. The van der Waals surface area contributed by atoms with Crippen LogP contribution in [0.1, 0.15) is 17.2 Å². The molecule has 1 unspecified atom stereocenters. The molecule has 1 atom stereocenters. The molecule has 0 bridgehead atoms. The van der Waals surface area contributed by atoms with Crippen LogP contribution in [-0.4, -0.2) is 19.1 Å². The number of nitrogens with zero attached hydrogens (tertiary/aromatic N) is 1. The summed E-state index contributed by atoms with van der Waals surface area (Å²) < 4.78 is 20.2.